The summed E-state index contributed by atoms with van der Waals surface area (Å²) >= 11 is 1.62. The van der Waals surface area contributed by atoms with Crippen LogP contribution in [-0.4, -0.2) is 21.0 Å². The normalized spacial score (nSPS) is 11.6. The van der Waals surface area contributed by atoms with Crippen LogP contribution in [0.5, 0.6) is 0 Å². The fourth-order valence-corrected chi connectivity index (χ4v) is 2.35. The summed E-state index contributed by atoms with van der Waals surface area (Å²) in [6.07, 6.45) is 1.78. The zero-order chi connectivity index (χ0) is 12.4. The molecule has 1 N–H and O–H groups in total. The molecule has 0 radical (unpaired) electrons. The highest BCUT2D eigenvalue weighted by molar-refractivity contribution is 7.11. The summed E-state index contributed by atoms with van der Waals surface area (Å²) in [4.78, 5) is 5.40. The van der Waals surface area contributed by atoms with Crippen molar-refractivity contribution in [3.05, 3.63) is 52.5 Å². The Hall–Kier alpha value is -1.98. The van der Waals surface area contributed by atoms with Gasteiger partial charge in [0.25, 0.3) is 0 Å². The fourth-order valence-electron chi connectivity index (χ4n) is 1.77. The van der Waals surface area contributed by atoms with E-state index in [1.165, 1.54) is 0 Å². The molecule has 3 rings (SSSR count). The summed E-state index contributed by atoms with van der Waals surface area (Å²) in [5, 5.41) is 15.7. The minimum absolute atomic E-state index is 0.129. The molecule has 2 heterocycles. The van der Waals surface area contributed by atoms with Gasteiger partial charge in [-0.15, -0.1) is 11.3 Å². The predicted octanol–water partition coefficient (Wildman–Crippen LogP) is 2.47. The lowest BCUT2D eigenvalue weighted by molar-refractivity contribution is 0.267. The molecule has 0 aliphatic heterocycles. The van der Waals surface area contributed by atoms with Crippen molar-refractivity contribution in [1.82, 2.24) is 9.66 Å². The zero-order valence-corrected chi connectivity index (χ0v) is 10.3. The van der Waals surface area contributed by atoms with Crippen LogP contribution in [0.2, 0.25) is 0 Å². The lowest BCUT2D eigenvalue weighted by atomic mass is 10.3. The third-order valence-corrected chi connectivity index (χ3v) is 3.40. The van der Waals surface area contributed by atoms with Gasteiger partial charge in [0, 0.05) is 4.88 Å². The van der Waals surface area contributed by atoms with Gasteiger partial charge in [0.2, 0.25) is 0 Å². The molecule has 5 heteroatoms. The number of aromatic nitrogens is 2. The maximum atomic E-state index is 9.32. The molecule has 0 atom stereocenters. The first-order valence-corrected chi connectivity index (χ1v) is 6.41. The van der Waals surface area contributed by atoms with Crippen LogP contribution in [-0.2, 0) is 6.61 Å². The van der Waals surface area contributed by atoms with E-state index in [1.807, 2.05) is 41.8 Å². The molecular weight excluding hydrogens is 246 g/mol. The van der Waals surface area contributed by atoms with Gasteiger partial charge in [0.05, 0.1) is 17.2 Å². The quantitative estimate of drug-likeness (QED) is 0.733. The van der Waals surface area contributed by atoms with E-state index in [0.717, 1.165) is 15.9 Å². The van der Waals surface area contributed by atoms with Crippen molar-refractivity contribution in [3.63, 3.8) is 0 Å². The number of rotatable bonds is 3. The molecule has 0 fully saturated rings. The van der Waals surface area contributed by atoms with E-state index < -0.39 is 0 Å². The minimum Gasteiger partial charge on any atom is -0.388 e. The Kier molecular flexibility index (Phi) is 2.92. The van der Waals surface area contributed by atoms with Gasteiger partial charge in [-0.25, -0.2) is 9.66 Å². The van der Waals surface area contributed by atoms with Crippen LogP contribution in [0.3, 0.4) is 0 Å². The Morgan fingerprint density at radius 2 is 2.17 bits per heavy atom. The Morgan fingerprint density at radius 1 is 1.28 bits per heavy atom. The Labute approximate surface area is 108 Å². The maximum Gasteiger partial charge on any atom is 0.156 e. The number of aliphatic hydroxyl groups is 1. The van der Waals surface area contributed by atoms with Crippen LogP contribution in [0.15, 0.2) is 46.9 Å². The molecule has 0 spiro atoms. The molecular formula is C13H11N3OS. The fraction of sp³-hybridized carbons (Fsp3) is 0.0769. The van der Waals surface area contributed by atoms with Gasteiger partial charge in [-0.3, -0.25) is 0 Å². The summed E-state index contributed by atoms with van der Waals surface area (Å²) < 4.78 is 1.68. The number of fused-ring (bicyclic) bond motifs is 1. The van der Waals surface area contributed by atoms with Gasteiger partial charge in [-0.1, -0.05) is 18.2 Å². The second kappa shape index (κ2) is 4.72. The third kappa shape index (κ3) is 1.94. The number of hydrogen-bond acceptors (Lipinski definition) is 4. The van der Waals surface area contributed by atoms with Gasteiger partial charge in [0.1, 0.15) is 6.61 Å². The second-order valence-electron chi connectivity index (χ2n) is 3.75. The lowest BCUT2D eigenvalue weighted by Gasteiger charge is -1.98. The molecule has 1 aromatic carbocycles. The first-order chi connectivity index (χ1) is 8.88. The van der Waals surface area contributed by atoms with Crippen molar-refractivity contribution in [1.29, 1.82) is 0 Å². The molecule has 0 saturated heterocycles. The van der Waals surface area contributed by atoms with Crippen LogP contribution in [0.25, 0.3) is 11.0 Å². The first-order valence-electron chi connectivity index (χ1n) is 5.53. The van der Waals surface area contributed by atoms with E-state index in [1.54, 1.807) is 22.2 Å². The average molecular weight is 257 g/mol. The highest BCUT2D eigenvalue weighted by Crippen LogP contribution is 2.16. The summed E-state index contributed by atoms with van der Waals surface area (Å²) in [6.45, 7) is -0.129. The molecule has 2 aromatic heterocycles. The standard InChI is InChI=1S/C13H11N3OS/c17-9-13-15-11-5-1-2-6-12(11)16(13)14-8-10-4-3-7-18-10/h1-8,17H,9H2/b14-8-. The SMILES string of the molecule is OCc1nc2ccccc2n1/N=C\c1cccs1. The predicted molar refractivity (Wildman–Crippen MR) is 73.0 cm³/mol. The molecule has 0 unspecified atom stereocenters. The van der Waals surface area contributed by atoms with Crippen molar-refractivity contribution >= 4 is 28.6 Å². The van der Waals surface area contributed by atoms with E-state index in [4.69, 9.17) is 0 Å². The van der Waals surface area contributed by atoms with E-state index in [-0.39, 0.29) is 6.61 Å². The topological polar surface area (TPSA) is 50.4 Å². The van der Waals surface area contributed by atoms with Crippen LogP contribution in [0.1, 0.15) is 10.7 Å². The number of benzene rings is 1. The zero-order valence-electron chi connectivity index (χ0n) is 9.52. The Balaban J connectivity index is 2.09. The molecule has 0 aliphatic carbocycles. The lowest BCUT2D eigenvalue weighted by Crippen LogP contribution is -1.97. The largest absolute Gasteiger partial charge is 0.388 e. The highest BCUT2D eigenvalue weighted by Gasteiger charge is 2.07. The Morgan fingerprint density at radius 3 is 2.94 bits per heavy atom. The number of imidazole rings is 1. The molecule has 90 valence electrons. The molecule has 3 aromatic rings. The summed E-state index contributed by atoms with van der Waals surface area (Å²) in [5.41, 5.74) is 1.74. The molecule has 0 saturated carbocycles. The molecule has 0 bridgehead atoms. The average Bonchev–Trinajstić information content (AvgIpc) is 3.03. The smallest absolute Gasteiger partial charge is 0.156 e. The van der Waals surface area contributed by atoms with Crippen molar-refractivity contribution < 1.29 is 5.11 Å². The van der Waals surface area contributed by atoms with Crippen molar-refractivity contribution in [3.8, 4) is 0 Å². The van der Waals surface area contributed by atoms with Crippen LogP contribution >= 0.6 is 11.3 Å². The molecule has 0 aliphatic rings. The number of para-hydroxylation sites is 2. The maximum absolute atomic E-state index is 9.32. The first kappa shape index (κ1) is 11.1. The van der Waals surface area contributed by atoms with Gasteiger partial charge in [-0.05, 0) is 23.6 Å². The number of aliphatic hydroxyl groups excluding tert-OH is 1. The second-order valence-corrected chi connectivity index (χ2v) is 4.73. The summed E-state index contributed by atoms with van der Waals surface area (Å²) in [7, 11) is 0. The third-order valence-electron chi connectivity index (χ3n) is 2.59. The van der Waals surface area contributed by atoms with Crippen LogP contribution in [0, 0.1) is 0 Å². The van der Waals surface area contributed by atoms with Gasteiger partial charge in [0.15, 0.2) is 5.82 Å². The van der Waals surface area contributed by atoms with E-state index in [2.05, 4.69) is 10.1 Å². The van der Waals surface area contributed by atoms with Gasteiger partial charge >= 0.3 is 0 Å². The van der Waals surface area contributed by atoms with Crippen LogP contribution < -0.4 is 0 Å². The minimum atomic E-state index is -0.129. The number of nitrogens with zero attached hydrogens (tertiary/aromatic N) is 3. The van der Waals surface area contributed by atoms with Crippen molar-refractivity contribution in [2.45, 2.75) is 6.61 Å². The summed E-state index contributed by atoms with van der Waals surface area (Å²) in [6, 6.07) is 11.7. The molecule has 18 heavy (non-hydrogen) atoms. The van der Waals surface area contributed by atoms with E-state index in [9.17, 15) is 5.11 Å². The Bertz CT molecular complexity index is 685. The number of thiophene rings is 1. The van der Waals surface area contributed by atoms with E-state index >= 15 is 0 Å². The molecule has 4 nitrogen and oxygen atoms in total. The van der Waals surface area contributed by atoms with Gasteiger partial charge in [-0.2, -0.15) is 5.10 Å². The summed E-state index contributed by atoms with van der Waals surface area (Å²) in [5.74, 6) is 0.545. The van der Waals surface area contributed by atoms with Crippen molar-refractivity contribution in [2.75, 3.05) is 0 Å². The number of hydrogen-bond donors (Lipinski definition) is 1. The van der Waals surface area contributed by atoms with Gasteiger partial charge < -0.3 is 5.11 Å². The van der Waals surface area contributed by atoms with Crippen molar-refractivity contribution in [2.24, 2.45) is 5.10 Å². The highest BCUT2D eigenvalue weighted by atomic mass is 32.1. The molecule has 0 amide bonds. The monoisotopic (exact) mass is 257 g/mol. The van der Waals surface area contributed by atoms with Crippen LogP contribution in [0.4, 0.5) is 0 Å². The van der Waals surface area contributed by atoms with E-state index in [0.29, 0.717) is 5.82 Å².